The van der Waals surface area contributed by atoms with Gasteiger partial charge in [-0.2, -0.15) is 44.0 Å². The van der Waals surface area contributed by atoms with E-state index in [1.165, 1.54) is 28.7 Å². The smallest absolute Gasteiger partial charge is 0.296 e. The number of thioether (sulfide) groups is 1. The average molecular weight is 1200 g/mol. The summed E-state index contributed by atoms with van der Waals surface area (Å²) in [5.41, 5.74) is 1.99. The van der Waals surface area contributed by atoms with Gasteiger partial charge in [-0.25, -0.2) is 9.97 Å². The van der Waals surface area contributed by atoms with E-state index in [-0.39, 0.29) is 137 Å². The molecular formula is C47H42N10O16S6. The Morgan fingerprint density at radius 1 is 0.747 bits per heavy atom. The van der Waals surface area contributed by atoms with Crippen LogP contribution in [0.25, 0.3) is 37.7 Å². The molecule has 0 aliphatic carbocycles. The number of azo groups is 3. The molecule has 8 aromatic rings. The molecule has 412 valence electrons. The van der Waals surface area contributed by atoms with E-state index in [4.69, 9.17) is 16.4 Å². The number of aromatic hydroxyl groups is 1. The van der Waals surface area contributed by atoms with Crippen LogP contribution in [0.15, 0.2) is 112 Å². The first-order valence-electron chi connectivity index (χ1n) is 22.8. The van der Waals surface area contributed by atoms with E-state index in [0.29, 0.717) is 16.6 Å². The minimum atomic E-state index is -5.01. The molecule has 26 nitrogen and oxygen atoms in total. The first kappa shape index (κ1) is 58.0. The van der Waals surface area contributed by atoms with Crippen LogP contribution >= 0.6 is 23.1 Å². The molecule has 32 heteroatoms. The Balaban J connectivity index is 1.19. The Morgan fingerprint density at radius 3 is 2.11 bits per heavy atom. The first-order valence-corrected chi connectivity index (χ1v) is 30.7. The third-order valence-corrected chi connectivity index (χ3v) is 16.9. The lowest BCUT2D eigenvalue weighted by molar-refractivity contribution is 0.282. The van der Waals surface area contributed by atoms with E-state index >= 15 is 0 Å². The topological polar surface area (TPSA) is 405 Å². The summed E-state index contributed by atoms with van der Waals surface area (Å²) in [4.78, 5) is 7.75. The first-order chi connectivity index (χ1) is 37.3. The van der Waals surface area contributed by atoms with Gasteiger partial charge < -0.3 is 19.7 Å². The van der Waals surface area contributed by atoms with E-state index in [9.17, 15) is 67.4 Å². The number of hydrogen-bond acceptors (Lipinski definition) is 23. The van der Waals surface area contributed by atoms with Gasteiger partial charge in [0.15, 0.2) is 11.3 Å². The lowest BCUT2D eigenvalue weighted by Crippen LogP contribution is -2.08. The molecule has 0 atom stereocenters. The molecular weight excluding hydrogens is 1150 g/mol. The predicted octanol–water partition coefficient (Wildman–Crippen LogP) is 10.2. The van der Waals surface area contributed by atoms with Gasteiger partial charge in [-0.1, -0.05) is 23.5 Å². The molecule has 3 heterocycles. The number of nitriles is 1. The van der Waals surface area contributed by atoms with Crippen LogP contribution in [0.2, 0.25) is 0 Å². The number of rotatable bonds is 22. The van der Waals surface area contributed by atoms with Crippen molar-refractivity contribution in [3.05, 3.63) is 95.9 Å². The summed E-state index contributed by atoms with van der Waals surface area (Å²) in [6, 6.07) is 17.7. The number of nitrogens with zero attached hydrogens (tertiary/aromatic N) is 10. The SMILES string of the molecule is [CH]CCOc1cc(S(=O)(=O)O)cc2c1cc(S(=O)(=O)O)c1nc(N=Nc3cc(SCCCS(=O)(=O)O)c(N=Nc4cc(OCCCS(=O)(=O)O)c(N=Nc5c(C)c(C#N)c6nc7ccccc7n6c5O)cc4C)cc3CO)sc12. The molecule has 2 radical (unpaired) electrons. The van der Waals surface area contributed by atoms with Crippen molar-refractivity contribution in [2.45, 2.75) is 54.4 Å². The minimum absolute atomic E-state index is 0.000934. The summed E-state index contributed by atoms with van der Waals surface area (Å²) < 4.78 is 148. The van der Waals surface area contributed by atoms with Gasteiger partial charge in [-0.05, 0) is 93.8 Å². The number of aliphatic hydroxyl groups is 1. The molecule has 3 aromatic heterocycles. The lowest BCUT2D eigenvalue weighted by Gasteiger charge is -2.12. The highest BCUT2D eigenvalue weighted by Gasteiger charge is 2.26. The predicted molar refractivity (Wildman–Crippen MR) is 289 cm³/mol. The highest BCUT2D eigenvalue weighted by molar-refractivity contribution is 7.99. The molecule has 79 heavy (non-hydrogen) atoms. The summed E-state index contributed by atoms with van der Waals surface area (Å²) in [6.07, 6.45) is -0.230. The van der Waals surface area contributed by atoms with Crippen LogP contribution in [0.1, 0.15) is 41.5 Å². The third kappa shape index (κ3) is 13.3. The summed E-state index contributed by atoms with van der Waals surface area (Å²) in [5, 5.41) is 58.1. The fraction of sp³-hybridized carbons (Fsp3) is 0.234. The van der Waals surface area contributed by atoms with Crippen molar-refractivity contribution < 1.29 is 71.6 Å². The number of thiazole rings is 1. The van der Waals surface area contributed by atoms with Crippen molar-refractivity contribution in [3.8, 4) is 23.4 Å². The van der Waals surface area contributed by atoms with E-state index in [1.54, 1.807) is 38.1 Å². The minimum Gasteiger partial charge on any atom is -0.493 e. The molecule has 0 saturated carbocycles. The molecule has 0 spiro atoms. The molecule has 6 N–H and O–H groups in total. The number of hydrogen-bond donors (Lipinski definition) is 6. The van der Waals surface area contributed by atoms with Crippen molar-refractivity contribution in [1.29, 1.82) is 5.26 Å². The zero-order chi connectivity index (χ0) is 57.2. The fourth-order valence-corrected chi connectivity index (χ4v) is 12.1. The third-order valence-electron chi connectivity index (χ3n) is 11.5. The Labute approximate surface area is 458 Å². The molecule has 5 aromatic carbocycles. The van der Waals surface area contributed by atoms with Crippen LogP contribution in [-0.2, 0) is 47.1 Å². The van der Waals surface area contributed by atoms with Crippen LogP contribution in [0.5, 0.6) is 17.4 Å². The summed E-state index contributed by atoms with van der Waals surface area (Å²) in [5.74, 6) is -1.72. The van der Waals surface area contributed by atoms with Gasteiger partial charge in [-0.15, -0.1) is 37.3 Å². The molecule has 0 unspecified atom stereocenters. The number of fused-ring (bicyclic) bond motifs is 6. The number of aliphatic hydroxyl groups excluding tert-OH is 1. The van der Waals surface area contributed by atoms with Gasteiger partial charge in [0.25, 0.3) is 40.5 Å². The summed E-state index contributed by atoms with van der Waals surface area (Å²) in [6.45, 7) is 7.69. The fourth-order valence-electron chi connectivity index (χ4n) is 7.83. The lowest BCUT2D eigenvalue weighted by atomic mass is 10.1. The van der Waals surface area contributed by atoms with Gasteiger partial charge in [0.2, 0.25) is 11.0 Å². The van der Waals surface area contributed by atoms with Gasteiger partial charge in [0.05, 0.1) is 69.0 Å². The van der Waals surface area contributed by atoms with E-state index in [2.05, 4.69) is 46.7 Å². The highest BCUT2D eigenvalue weighted by atomic mass is 32.2. The van der Waals surface area contributed by atoms with Crippen LogP contribution in [0.4, 0.5) is 33.6 Å². The number of aromatic nitrogens is 3. The normalized spacial score (nSPS) is 12.8. The van der Waals surface area contributed by atoms with Crippen molar-refractivity contribution in [2.24, 2.45) is 30.7 Å². The Kier molecular flexibility index (Phi) is 17.1. The largest absolute Gasteiger partial charge is 0.493 e. The maximum absolute atomic E-state index is 12.7. The van der Waals surface area contributed by atoms with Crippen LogP contribution in [0, 0.1) is 32.1 Å². The highest BCUT2D eigenvalue weighted by Crippen LogP contribution is 2.45. The monoisotopic (exact) mass is 1190 g/mol. The summed E-state index contributed by atoms with van der Waals surface area (Å²) in [7, 11) is -18.6. The molecule has 0 aliphatic heterocycles. The summed E-state index contributed by atoms with van der Waals surface area (Å²) >= 11 is 1.77. The maximum atomic E-state index is 12.7. The number of benzene rings is 5. The molecule has 0 amide bonds. The molecule has 0 saturated heterocycles. The Hall–Kier alpha value is -7.16. The van der Waals surface area contributed by atoms with E-state index in [0.717, 1.165) is 41.3 Å². The number of pyridine rings is 1. The number of ether oxygens (including phenoxy) is 2. The van der Waals surface area contributed by atoms with Crippen molar-refractivity contribution in [1.82, 2.24) is 14.4 Å². The Morgan fingerprint density at radius 2 is 1.43 bits per heavy atom. The van der Waals surface area contributed by atoms with Crippen LogP contribution in [0.3, 0.4) is 0 Å². The van der Waals surface area contributed by atoms with Gasteiger partial charge in [-0.3, -0.25) is 22.6 Å². The average Bonchev–Trinajstić information content (AvgIpc) is 4.13. The maximum Gasteiger partial charge on any atom is 0.296 e. The number of para-hydroxylation sites is 2. The van der Waals surface area contributed by atoms with Gasteiger partial charge in [0.1, 0.15) is 39.2 Å². The standard InChI is InChI=1S/C47H42N10O16S6/c1-4-11-72-38-19-28(78(66,67)68)18-30-29(38)20-41(79(69,70)71)43-44(30)75-47(50-43)56-52-34-22-40(74-13-8-15-77(63,64)65)36(17-27(34)24-58)54-51-33-21-39(73-12-7-14-76(60,61)62)35(16-25(33)2)53-55-42-26(3)31(23-48)45-49-32-9-5-6-10-37(32)57(45)46(42)59/h1,5-6,9-10,16-22,58-59H,4,7-8,11-15,24H2,2-3H3,(H,60,61,62)(H,63,64,65)(H,66,67,68)(H,69,70,71). The van der Waals surface area contributed by atoms with Gasteiger partial charge >= 0.3 is 0 Å². The van der Waals surface area contributed by atoms with Crippen LogP contribution in [-0.4, -0.2) is 107 Å². The Bertz CT molecular complexity index is 4370. The second kappa shape index (κ2) is 23.3. The second-order valence-electron chi connectivity index (χ2n) is 17.0. The molecule has 0 aliphatic rings. The zero-order valence-electron chi connectivity index (χ0n) is 41.0. The zero-order valence-corrected chi connectivity index (χ0v) is 45.9. The molecule has 8 rings (SSSR count). The molecule has 0 bridgehead atoms. The van der Waals surface area contributed by atoms with E-state index in [1.807, 2.05) is 0 Å². The van der Waals surface area contributed by atoms with Crippen molar-refractivity contribution in [3.63, 3.8) is 0 Å². The van der Waals surface area contributed by atoms with Crippen LogP contribution < -0.4 is 9.47 Å². The molecule has 0 fully saturated rings. The number of imidazole rings is 1. The van der Waals surface area contributed by atoms with Crippen molar-refractivity contribution in [2.75, 3.05) is 30.5 Å². The van der Waals surface area contributed by atoms with Gasteiger partial charge in [0, 0.05) is 38.9 Å². The second-order valence-corrected chi connectivity index (χ2v) is 25.1. The van der Waals surface area contributed by atoms with E-state index < -0.39 is 68.4 Å². The quantitative estimate of drug-likeness (QED) is 0.0159. The number of aryl methyl sites for hydroxylation is 1. The van der Waals surface area contributed by atoms with Crippen molar-refractivity contribution >= 4 is 135 Å².